The lowest BCUT2D eigenvalue weighted by Gasteiger charge is -2.19. The van der Waals surface area contributed by atoms with Crippen LogP contribution in [0.2, 0.25) is 0 Å². The highest BCUT2D eigenvalue weighted by molar-refractivity contribution is 9.10. The van der Waals surface area contributed by atoms with Gasteiger partial charge >= 0.3 is 0 Å². The topological polar surface area (TPSA) is 49.3 Å². The van der Waals surface area contributed by atoms with E-state index in [1.807, 2.05) is 19.1 Å². The molecular formula is C16H22BrNO2. The molecule has 3 atom stereocenters. The van der Waals surface area contributed by atoms with Crippen molar-refractivity contribution in [1.82, 2.24) is 5.32 Å². The smallest absolute Gasteiger partial charge is 0.225 e. The van der Waals surface area contributed by atoms with Crippen LogP contribution in [0.3, 0.4) is 0 Å². The van der Waals surface area contributed by atoms with Gasteiger partial charge in [0.2, 0.25) is 5.91 Å². The third kappa shape index (κ3) is 4.32. The summed E-state index contributed by atoms with van der Waals surface area (Å²) in [5.74, 6) is -0.191. The molecule has 2 rings (SSSR count). The molecule has 1 amide bonds. The Kier molecular flexibility index (Phi) is 5.61. The van der Waals surface area contributed by atoms with E-state index in [9.17, 15) is 9.90 Å². The maximum Gasteiger partial charge on any atom is 0.225 e. The second-order valence-corrected chi connectivity index (χ2v) is 6.60. The van der Waals surface area contributed by atoms with Gasteiger partial charge < -0.3 is 10.4 Å². The molecule has 1 aliphatic carbocycles. The van der Waals surface area contributed by atoms with Gasteiger partial charge in [-0.1, -0.05) is 28.1 Å². The third-order valence-corrected chi connectivity index (χ3v) is 4.51. The molecule has 0 spiro atoms. The number of aliphatic hydroxyl groups is 1. The van der Waals surface area contributed by atoms with E-state index in [-0.39, 0.29) is 17.9 Å². The average molecular weight is 340 g/mol. The molecule has 1 fully saturated rings. The van der Waals surface area contributed by atoms with Gasteiger partial charge in [0.1, 0.15) is 0 Å². The number of carbonyl (C=O) groups is 1. The Hall–Kier alpha value is -0.870. The average Bonchev–Trinajstić information content (AvgIpc) is 2.84. The molecule has 3 nitrogen and oxygen atoms in total. The normalized spacial score (nSPS) is 23.6. The highest BCUT2D eigenvalue weighted by Crippen LogP contribution is 2.25. The van der Waals surface area contributed by atoms with Crippen molar-refractivity contribution in [2.45, 2.75) is 51.2 Å². The zero-order chi connectivity index (χ0) is 14.5. The van der Waals surface area contributed by atoms with E-state index in [1.165, 1.54) is 5.56 Å². The fourth-order valence-corrected chi connectivity index (χ4v) is 2.97. The Labute approximate surface area is 128 Å². The van der Waals surface area contributed by atoms with Crippen LogP contribution in [0.1, 0.15) is 38.2 Å². The number of rotatable bonds is 5. The SMILES string of the molecule is CC(CCc1ccc(Br)cc1)NC(=O)C1CCCC1O. The number of aliphatic hydroxyl groups excluding tert-OH is 1. The summed E-state index contributed by atoms with van der Waals surface area (Å²) in [6.07, 6.45) is 3.93. The van der Waals surface area contributed by atoms with E-state index in [2.05, 4.69) is 33.4 Å². The lowest BCUT2D eigenvalue weighted by Crippen LogP contribution is -2.40. The molecule has 0 radical (unpaired) electrons. The summed E-state index contributed by atoms with van der Waals surface area (Å²) in [5.41, 5.74) is 1.27. The lowest BCUT2D eigenvalue weighted by molar-refractivity contribution is -0.128. The number of carbonyl (C=O) groups excluding carboxylic acids is 1. The Morgan fingerprint density at radius 3 is 2.70 bits per heavy atom. The summed E-state index contributed by atoms with van der Waals surface area (Å²) in [5, 5.41) is 12.8. The predicted octanol–water partition coefficient (Wildman–Crippen LogP) is 3.05. The second-order valence-electron chi connectivity index (χ2n) is 5.68. The van der Waals surface area contributed by atoms with Crippen LogP contribution in [-0.2, 0) is 11.2 Å². The summed E-state index contributed by atoms with van der Waals surface area (Å²) in [6, 6.07) is 8.40. The molecule has 0 aliphatic heterocycles. The van der Waals surface area contributed by atoms with Gasteiger partial charge in [-0.25, -0.2) is 0 Å². The number of nitrogens with one attached hydrogen (secondary N) is 1. The first-order chi connectivity index (χ1) is 9.56. The molecule has 3 unspecified atom stereocenters. The highest BCUT2D eigenvalue weighted by Gasteiger charge is 2.31. The molecule has 0 heterocycles. The van der Waals surface area contributed by atoms with Crippen LogP contribution < -0.4 is 5.32 Å². The summed E-state index contributed by atoms with van der Waals surface area (Å²) in [6.45, 7) is 2.03. The molecule has 4 heteroatoms. The zero-order valence-electron chi connectivity index (χ0n) is 11.8. The van der Waals surface area contributed by atoms with Crippen molar-refractivity contribution in [3.8, 4) is 0 Å². The van der Waals surface area contributed by atoms with Gasteiger partial charge in [-0.3, -0.25) is 4.79 Å². The van der Waals surface area contributed by atoms with Gasteiger partial charge in [0.15, 0.2) is 0 Å². The van der Waals surface area contributed by atoms with Crippen LogP contribution >= 0.6 is 15.9 Å². The standard InChI is InChI=1S/C16H22BrNO2/c1-11(5-6-12-7-9-13(17)10-8-12)18-16(20)14-3-2-4-15(14)19/h7-11,14-15,19H,2-6H2,1H3,(H,18,20). The van der Waals surface area contributed by atoms with Crippen LogP contribution in [-0.4, -0.2) is 23.2 Å². The van der Waals surface area contributed by atoms with Gasteiger partial charge in [0, 0.05) is 10.5 Å². The summed E-state index contributed by atoms with van der Waals surface area (Å²) < 4.78 is 1.08. The van der Waals surface area contributed by atoms with Crippen LogP contribution in [0.15, 0.2) is 28.7 Å². The van der Waals surface area contributed by atoms with Crippen LogP contribution in [0, 0.1) is 5.92 Å². The second kappa shape index (κ2) is 7.23. The van der Waals surface area contributed by atoms with Gasteiger partial charge in [-0.05, 0) is 56.7 Å². The van der Waals surface area contributed by atoms with Gasteiger partial charge in [-0.2, -0.15) is 0 Å². The monoisotopic (exact) mass is 339 g/mol. The lowest BCUT2D eigenvalue weighted by atomic mass is 10.0. The van der Waals surface area contributed by atoms with E-state index in [0.717, 1.165) is 36.6 Å². The Bertz CT molecular complexity index is 446. The quantitative estimate of drug-likeness (QED) is 0.866. The van der Waals surface area contributed by atoms with Crippen molar-refractivity contribution in [2.75, 3.05) is 0 Å². The van der Waals surface area contributed by atoms with E-state index in [0.29, 0.717) is 0 Å². The molecule has 1 aliphatic rings. The molecule has 1 saturated carbocycles. The fourth-order valence-electron chi connectivity index (χ4n) is 2.70. The minimum Gasteiger partial charge on any atom is -0.392 e. The van der Waals surface area contributed by atoms with Crippen LogP contribution in [0.4, 0.5) is 0 Å². The number of benzene rings is 1. The predicted molar refractivity (Wildman–Crippen MR) is 83.4 cm³/mol. The van der Waals surface area contributed by atoms with E-state index >= 15 is 0 Å². The van der Waals surface area contributed by atoms with Crippen molar-refractivity contribution >= 4 is 21.8 Å². The molecule has 1 aromatic carbocycles. The van der Waals surface area contributed by atoms with Gasteiger partial charge in [0.25, 0.3) is 0 Å². The molecule has 0 saturated heterocycles. The van der Waals surface area contributed by atoms with Crippen molar-refractivity contribution in [3.05, 3.63) is 34.3 Å². The molecule has 20 heavy (non-hydrogen) atoms. The van der Waals surface area contributed by atoms with Crippen LogP contribution in [0.25, 0.3) is 0 Å². The first-order valence-corrected chi connectivity index (χ1v) is 8.08. The van der Waals surface area contributed by atoms with Crippen molar-refractivity contribution in [3.63, 3.8) is 0 Å². The van der Waals surface area contributed by atoms with E-state index in [4.69, 9.17) is 0 Å². The number of hydrogen-bond donors (Lipinski definition) is 2. The van der Waals surface area contributed by atoms with E-state index in [1.54, 1.807) is 0 Å². The first kappa shape index (κ1) is 15.5. The third-order valence-electron chi connectivity index (χ3n) is 3.98. The van der Waals surface area contributed by atoms with Crippen molar-refractivity contribution < 1.29 is 9.90 Å². The van der Waals surface area contributed by atoms with Gasteiger partial charge in [-0.15, -0.1) is 0 Å². The Morgan fingerprint density at radius 1 is 1.40 bits per heavy atom. The molecular weight excluding hydrogens is 318 g/mol. The molecule has 110 valence electrons. The minimum absolute atomic E-state index is 0.0123. The van der Waals surface area contributed by atoms with Crippen molar-refractivity contribution in [2.24, 2.45) is 5.92 Å². The maximum atomic E-state index is 12.0. The van der Waals surface area contributed by atoms with Gasteiger partial charge in [0.05, 0.1) is 12.0 Å². The number of amides is 1. The molecule has 2 N–H and O–H groups in total. The fraction of sp³-hybridized carbons (Fsp3) is 0.562. The summed E-state index contributed by atoms with van der Waals surface area (Å²) in [4.78, 5) is 12.0. The number of aryl methyl sites for hydroxylation is 1. The summed E-state index contributed by atoms with van der Waals surface area (Å²) in [7, 11) is 0. The molecule has 0 bridgehead atoms. The summed E-state index contributed by atoms with van der Waals surface area (Å²) >= 11 is 3.42. The maximum absolute atomic E-state index is 12.0. The van der Waals surface area contributed by atoms with Crippen molar-refractivity contribution in [1.29, 1.82) is 0 Å². The largest absolute Gasteiger partial charge is 0.392 e. The molecule has 0 aromatic heterocycles. The number of halogens is 1. The number of hydrogen-bond acceptors (Lipinski definition) is 2. The van der Waals surface area contributed by atoms with Crippen LogP contribution in [0.5, 0.6) is 0 Å². The highest BCUT2D eigenvalue weighted by atomic mass is 79.9. The Balaban J connectivity index is 1.76. The minimum atomic E-state index is -0.450. The Morgan fingerprint density at radius 2 is 2.10 bits per heavy atom. The molecule has 1 aromatic rings. The zero-order valence-corrected chi connectivity index (χ0v) is 13.4. The first-order valence-electron chi connectivity index (χ1n) is 7.29. The van der Waals surface area contributed by atoms with E-state index < -0.39 is 6.10 Å².